The van der Waals surface area contributed by atoms with Crippen LogP contribution in [-0.4, -0.2) is 21.8 Å². The van der Waals surface area contributed by atoms with Gasteiger partial charge in [0, 0.05) is 6.42 Å². The molecule has 72 valence electrons. The number of aliphatic hydroxyl groups is 1. The predicted molar refractivity (Wildman–Crippen MR) is 51.8 cm³/mol. The average Bonchev–Trinajstić information content (AvgIpc) is 2.17. The van der Waals surface area contributed by atoms with Crippen LogP contribution in [0, 0.1) is 0 Å². The van der Waals surface area contributed by atoms with E-state index in [9.17, 15) is 9.90 Å². The molecule has 14 heavy (non-hydrogen) atoms. The van der Waals surface area contributed by atoms with Crippen molar-refractivity contribution in [3.05, 3.63) is 41.5 Å². The van der Waals surface area contributed by atoms with Crippen molar-refractivity contribution in [2.24, 2.45) is 0 Å². The van der Waals surface area contributed by atoms with Gasteiger partial charge in [-0.15, -0.1) is 0 Å². The summed E-state index contributed by atoms with van der Waals surface area (Å²) in [4.78, 5) is 10.8. The molecule has 0 spiro atoms. The van der Waals surface area contributed by atoms with Gasteiger partial charge in [-0.2, -0.15) is 0 Å². The van der Waals surface area contributed by atoms with E-state index < -0.39 is 11.6 Å². The van der Waals surface area contributed by atoms with Crippen LogP contribution in [0.4, 0.5) is 0 Å². The highest BCUT2D eigenvalue weighted by atomic mass is 16.4. The molecular formula is C11H10O3. The van der Waals surface area contributed by atoms with Crippen molar-refractivity contribution in [2.75, 3.05) is 0 Å². The van der Waals surface area contributed by atoms with Gasteiger partial charge in [-0.05, 0) is 17.2 Å². The summed E-state index contributed by atoms with van der Waals surface area (Å²) in [6.45, 7) is 0. The summed E-state index contributed by atoms with van der Waals surface area (Å²) in [7, 11) is 0. The van der Waals surface area contributed by atoms with Gasteiger partial charge in [-0.25, -0.2) is 4.79 Å². The summed E-state index contributed by atoms with van der Waals surface area (Å²) in [6.07, 6.45) is 3.11. The van der Waals surface area contributed by atoms with Gasteiger partial charge in [-0.1, -0.05) is 30.3 Å². The lowest BCUT2D eigenvalue weighted by Gasteiger charge is -2.24. The van der Waals surface area contributed by atoms with Gasteiger partial charge < -0.3 is 10.2 Å². The fourth-order valence-corrected chi connectivity index (χ4v) is 1.58. The molecule has 0 saturated heterocycles. The molecular weight excluding hydrogens is 180 g/mol. The number of fused-ring (bicyclic) bond motifs is 1. The van der Waals surface area contributed by atoms with Gasteiger partial charge in [-0.3, -0.25) is 0 Å². The summed E-state index contributed by atoms with van der Waals surface area (Å²) in [5, 5.41) is 18.5. The number of carboxylic acids is 1. The third kappa shape index (κ3) is 1.32. The van der Waals surface area contributed by atoms with Crippen molar-refractivity contribution in [2.45, 2.75) is 12.0 Å². The molecule has 3 heteroatoms. The largest absolute Gasteiger partial charge is 0.479 e. The lowest BCUT2D eigenvalue weighted by Crippen LogP contribution is -2.40. The first-order chi connectivity index (χ1) is 6.62. The maximum Gasteiger partial charge on any atom is 0.340 e. The molecule has 0 saturated carbocycles. The minimum atomic E-state index is -1.74. The van der Waals surface area contributed by atoms with Crippen LogP contribution in [0.25, 0.3) is 6.08 Å². The van der Waals surface area contributed by atoms with Gasteiger partial charge in [0.25, 0.3) is 0 Å². The molecule has 1 aromatic carbocycles. The maximum absolute atomic E-state index is 10.8. The second kappa shape index (κ2) is 2.96. The molecule has 1 aromatic rings. The summed E-state index contributed by atoms with van der Waals surface area (Å²) in [5.41, 5.74) is 0.0901. The van der Waals surface area contributed by atoms with Crippen LogP contribution in [0.5, 0.6) is 0 Å². The minimum Gasteiger partial charge on any atom is -0.479 e. The Morgan fingerprint density at radius 3 is 2.79 bits per heavy atom. The van der Waals surface area contributed by atoms with E-state index in [4.69, 9.17) is 5.11 Å². The van der Waals surface area contributed by atoms with E-state index in [0.29, 0.717) is 0 Å². The van der Waals surface area contributed by atoms with Crippen molar-refractivity contribution < 1.29 is 15.0 Å². The Morgan fingerprint density at radius 1 is 1.36 bits per heavy atom. The van der Waals surface area contributed by atoms with Crippen molar-refractivity contribution >= 4 is 12.0 Å². The molecule has 0 fully saturated rings. The first kappa shape index (κ1) is 8.97. The normalized spacial score (nSPS) is 24.4. The third-order valence-electron chi connectivity index (χ3n) is 2.42. The molecule has 1 aliphatic carbocycles. The van der Waals surface area contributed by atoms with Gasteiger partial charge in [0.05, 0.1) is 0 Å². The number of aliphatic carboxylic acids is 1. The van der Waals surface area contributed by atoms with Gasteiger partial charge in [0.2, 0.25) is 0 Å². The molecule has 0 aliphatic heterocycles. The summed E-state index contributed by atoms with van der Waals surface area (Å²) in [6, 6.07) is 7.44. The molecule has 3 nitrogen and oxygen atoms in total. The third-order valence-corrected chi connectivity index (χ3v) is 2.42. The molecule has 1 unspecified atom stereocenters. The van der Waals surface area contributed by atoms with E-state index in [1.165, 1.54) is 6.08 Å². The Bertz CT molecular complexity index is 409. The lowest BCUT2D eigenvalue weighted by molar-refractivity contribution is -0.153. The first-order valence-electron chi connectivity index (χ1n) is 4.35. The van der Waals surface area contributed by atoms with Crippen LogP contribution in [0.2, 0.25) is 0 Å². The first-order valence-corrected chi connectivity index (χ1v) is 4.35. The Kier molecular flexibility index (Phi) is 1.89. The number of carboxylic acid groups (broad SMARTS) is 1. The molecule has 1 atom stereocenters. The van der Waals surface area contributed by atoms with E-state index in [1.807, 2.05) is 24.3 Å². The number of carbonyl (C=O) groups is 1. The van der Waals surface area contributed by atoms with Crippen LogP contribution in [-0.2, 0) is 11.2 Å². The van der Waals surface area contributed by atoms with E-state index >= 15 is 0 Å². The molecule has 0 heterocycles. The topological polar surface area (TPSA) is 57.5 Å². The van der Waals surface area contributed by atoms with Crippen LogP contribution in [0.3, 0.4) is 0 Å². The van der Waals surface area contributed by atoms with Gasteiger partial charge >= 0.3 is 5.97 Å². The zero-order valence-electron chi connectivity index (χ0n) is 7.47. The van der Waals surface area contributed by atoms with Crippen LogP contribution in [0.15, 0.2) is 30.3 Å². The Balaban J connectivity index is 2.43. The highest BCUT2D eigenvalue weighted by Crippen LogP contribution is 2.25. The molecule has 1 aliphatic rings. The average molecular weight is 190 g/mol. The quantitative estimate of drug-likeness (QED) is 0.696. The highest BCUT2D eigenvalue weighted by molar-refractivity contribution is 5.83. The predicted octanol–water partition coefficient (Wildman–Crippen LogP) is 1.07. The number of benzene rings is 1. The molecule has 0 aromatic heterocycles. The van der Waals surface area contributed by atoms with Crippen molar-refractivity contribution in [1.29, 1.82) is 0 Å². The molecule has 0 bridgehead atoms. The van der Waals surface area contributed by atoms with E-state index in [-0.39, 0.29) is 6.42 Å². The Morgan fingerprint density at radius 2 is 2.07 bits per heavy atom. The van der Waals surface area contributed by atoms with Crippen LogP contribution >= 0.6 is 0 Å². The number of hydrogen-bond donors (Lipinski definition) is 2. The highest BCUT2D eigenvalue weighted by Gasteiger charge is 2.35. The fourth-order valence-electron chi connectivity index (χ4n) is 1.58. The molecule has 0 amide bonds. The molecule has 2 rings (SSSR count). The lowest BCUT2D eigenvalue weighted by atomic mass is 9.86. The van der Waals surface area contributed by atoms with Crippen LogP contribution in [0.1, 0.15) is 11.1 Å². The van der Waals surface area contributed by atoms with Crippen molar-refractivity contribution in [3.63, 3.8) is 0 Å². The van der Waals surface area contributed by atoms with Crippen LogP contribution < -0.4 is 0 Å². The maximum atomic E-state index is 10.8. The monoisotopic (exact) mass is 190 g/mol. The van der Waals surface area contributed by atoms with Gasteiger partial charge in [0.1, 0.15) is 0 Å². The molecule has 0 radical (unpaired) electrons. The Labute approximate surface area is 81.3 Å². The fraction of sp³-hybridized carbons (Fsp3) is 0.182. The zero-order chi connectivity index (χ0) is 10.2. The summed E-state index contributed by atoms with van der Waals surface area (Å²) < 4.78 is 0. The number of hydrogen-bond acceptors (Lipinski definition) is 2. The summed E-state index contributed by atoms with van der Waals surface area (Å²) >= 11 is 0. The van der Waals surface area contributed by atoms with Gasteiger partial charge in [0.15, 0.2) is 5.60 Å². The smallest absolute Gasteiger partial charge is 0.340 e. The second-order valence-electron chi connectivity index (χ2n) is 3.44. The Hall–Kier alpha value is -1.61. The van der Waals surface area contributed by atoms with E-state index in [0.717, 1.165) is 11.1 Å². The molecule has 2 N–H and O–H groups in total. The standard InChI is InChI=1S/C11H10O3/c12-10(13)11(14)6-5-8-3-1-2-4-9(8)7-11/h1-6,14H,7H2,(H,12,13). The SMILES string of the molecule is O=C(O)C1(O)C=Cc2ccccc2C1. The number of rotatable bonds is 1. The van der Waals surface area contributed by atoms with Crippen molar-refractivity contribution in [1.82, 2.24) is 0 Å². The second-order valence-corrected chi connectivity index (χ2v) is 3.44. The minimum absolute atomic E-state index is 0.134. The van der Waals surface area contributed by atoms with E-state index in [2.05, 4.69) is 0 Å². The van der Waals surface area contributed by atoms with E-state index in [1.54, 1.807) is 6.08 Å². The van der Waals surface area contributed by atoms with Crippen molar-refractivity contribution in [3.8, 4) is 0 Å². The zero-order valence-corrected chi connectivity index (χ0v) is 7.47. The summed E-state index contributed by atoms with van der Waals surface area (Å²) in [5.74, 6) is -1.21.